The maximum absolute atomic E-state index is 13.5. The molecule has 3 N–H and O–H groups in total. The van der Waals surface area contributed by atoms with Crippen molar-refractivity contribution >= 4 is 18.0 Å². The van der Waals surface area contributed by atoms with Crippen LogP contribution in [-0.4, -0.2) is 60.3 Å². The molecule has 2 aliphatic carbocycles. The van der Waals surface area contributed by atoms with E-state index in [-0.39, 0.29) is 25.0 Å². The Balaban J connectivity index is 1.28. The zero-order chi connectivity index (χ0) is 29.5. The summed E-state index contributed by atoms with van der Waals surface area (Å²) in [5, 5.41) is 15.4. The van der Waals surface area contributed by atoms with E-state index in [9.17, 15) is 19.5 Å². The Bertz CT molecular complexity index is 1340. The molecule has 2 atom stereocenters. The van der Waals surface area contributed by atoms with Crippen LogP contribution in [0.1, 0.15) is 54.7 Å². The monoisotopic (exact) mass is 569 g/mol. The van der Waals surface area contributed by atoms with Gasteiger partial charge in [0.25, 0.3) is 0 Å². The number of carboxylic acids is 1. The minimum Gasteiger partial charge on any atom is -0.480 e. The van der Waals surface area contributed by atoms with Gasteiger partial charge in [-0.3, -0.25) is 9.69 Å². The predicted molar refractivity (Wildman–Crippen MR) is 161 cm³/mol. The van der Waals surface area contributed by atoms with Gasteiger partial charge in [-0.1, -0.05) is 98.1 Å². The van der Waals surface area contributed by atoms with Crippen LogP contribution in [0.5, 0.6) is 0 Å². The third-order valence-corrected chi connectivity index (χ3v) is 8.43. The van der Waals surface area contributed by atoms with Gasteiger partial charge < -0.3 is 20.5 Å². The Morgan fingerprint density at radius 2 is 1.45 bits per heavy atom. The smallest absolute Gasteiger partial charge is 0.407 e. The average Bonchev–Trinajstić information content (AvgIpc) is 3.32. The highest BCUT2D eigenvalue weighted by molar-refractivity contribution is 5.89. The van der Waals surface area contributed by atoms with Crippen molar-refractivity contribution in [3.05, 3.63) is 95.6 Å². The Morgan fingerprint density at radius 1 is 0.857 bits per heavy atom. The predicted octanol–water partition coefficient (Wildman–Crippen LogP) is 5.18. The van der Waals surface area contributed by atoms with Crippen molar-refractivity contribution in [2.45, 2.75) is 56.7 Å². The van der Waals surface area contributed by atoms with Crippen LogP contribution >= 0.6 is 0 Å². The topological polar surface area (TPSA) is 108 Å². The molecule has 8 heteroatoms. The van der Waals surface area contributed by atoms with E-state index in [2.05, 4.69) is 22.8 Å². The van der Waals surface area contributed by atoms with Crippen molar-refractivity contribution < 1.29 is 24.2 Å². The normalized spacial score (nSPS) is 16.2. The van der Waals surface area contributed by atoms with Crippen LogP contribution in [0, 0.1) is 5.92 Å². The molecule has 0 heterocycles. The average molecular weight is 570 g/mol. The molecule has 3 aromatic rings. The fraction of sp³-hybridized carbons (Fsp3) is 0.382. The maximum Gasteiger partial charge on any atom is 0.407 e. The lowest BCUT2D eigenvalue weighted by Crippen LogP contribution is -2.57. The molecule has 1 fully saturated rings. The number of benzene rings is 3. The van der Waals surface area contributed by atoms with E-state index in [1.807, 2.05) is 78.7 Å². The van der Waals surface area contributed by atoms with E-state index in [4.69, 9.17) is 4.74 Å². The van der Waals surface area contributed by atoms with Crippen molar-refractivity contribution in [2.24, 2.45) is 5.92 Å². The van der Waals surface area contributed by atoms with Gasteiger partial charge >= 0.3 is 12.1 Å². The van der Waals surface area contributed by atoms with Crippen LogP contribution in [-0.2, 0) is 20.9 Å². The zero-order valence-corrected chi connectivity index (χ0v) is 24.0. The number of alkyl carbamates (subject to hydrolysis) is 1. The van der Waals surface area contributed by atoms with Gasteiger partial charge in [-0.05, 0) is 53.6 Å². The van der Waals surface area contributed by atoms with Gasteiger partial charge in [0.2, 0.25) is 5.91 Å². The number of fused-ring (bicyclic) bond motifs is 3. The lowest BCUT2D eigenvalue weighted by molar-refractivity contribution is -0.144. The summed E-state index contributed by atoms with van der Waals surface area (Å²) in [5.41, 5.74) is 5.51. The molecule has 0 bridgehead atoms. The van der Waals surface area contributed by atoms with E-state index < -0.39 is 30.1 Å². The molecule has 1 saturated carbocycles. The molecular weight excluding hydrogens is 530 g/mol. The first kappa shape index (κ1) is 29.3. The SMILES string of the molecule is CN(Cc1ccccc1)CC(NC(=O)OCC1c2ccccc2-c2ccccc21)C(=O)NC(C(=O)O)C1CCCCC1. The molecule has 3 aromatic carbocycles. The first-order valence-electron chi connectivity index (χ1n) is 14.8. The Kier molecular flexibility index (Phi) is 9.54. The number of amides is 2. The van der Waals surface area contributed by atoms with Crippen LogP contribution < -0.4 is 10.6 Å². The van der Waals surface area contributed by atoms with Crippen LogP contribution in [0.3, 0.4) is 0 Å². The molecule has 8 nitrogen and oxygen atoms in total. The molecular formula is C34H39N3O5. The lowest BCUT2D eigenvalue weighted by Gasteiger charge is -2.30. The summed E-state index contributed by atoms with van der Waals surface area (Å²) < 4.78 is 5.72. The van der Waals surface area contributed by atoms with Crippen molar-refractivity contribution in [3.8, 4) is 11.1 Å². The van der Waals surface area contributed by atoms with Gasteiger partial charge in [-0.25, -0.2) is 9.59 Å². The summed E-state index contributed by atoms with van der Waals surface area (Å²) in [6.45, 7) is 0.859. The second-order valence-corrected chi connectivity index (χ2v) is 11.4. The van der Waals surface area contributed by atoms with Crippen molar-refractivity contribution in [2.75, 3.05) is 20.2 Å². The number of carboxylic acid groups (broad SMARTS) is 1. The summed E-state index contributed by atoms with van der Waals surface area (Å²) >= 11 is 0. The van der Waals surface area contributed by atoms with Crippen molar-refractivity contribution in [1.29, 1.82) is 0 Å². The standard InChI is InChI=1S/C34H39N3O5/c1-37(20-23-12-4-2-5-13-23)21-30(32(38)36-31(33(39)40)24-14-6-3-7-15-24)35-34(41)42-22-29-27-18-10-8-16-25(27)26-17-9-11-19-28(26)29/h2,4-5,8-13,16-19,24,29-31H,3,6-7,14-15,20-22H2,1H3,(H,35,41)(H,36,38)(H,39,40). The lowest BCUT2D eigenvalue weighted by atomic mass is 9.84. The molecule has 2 amide bonds. The van der Waals surface area contributed by atoms with Crippen LogP contribution in [0.2, 0.25) is 0 Å². The fourth-order valence-electron chi connectivity index (χ4n) is 6.35. The number of rotatable bonds is 11. The minimum atomic E-state index is -1.05. The highest BCUT2D eigenvalue weighted by atomic mass is 16.5. The largest absolute Gasteiger partial charge is 0.480 e. The molecule has 5 rings (SSSR count). The van der Waals surface area contributed by atoms with Crippen LogP contribution in [0.25, 0.3) is 11.1 Å². The second-order valence-electron chi connectivity index (χ2n) is 11.4. The summed E-state index contributed by atoms with van der Waals surface area (Å²) in [4.78, 5) is 40.8. The molecule has 0 aliphatic heterocycles. The first-order valence-corrected chi connectivity index (χ1v) is 14.8. The van der Waals surface area contributed by atoms with Crippen molar-refractivity contribution in [3.63, 3.8) is 0 Å². The van der Waals surface area contributed by atoms with Gasteiger partial charge in [0.15, 0.2) is 0 Å². The second kappa shape index (κ2) is 13.7. The summed E-state index contributed by atoms with van der Waals surface area (Å²) in [6.07, 6.45) is 3.78. The number of nitrogens with zero attached hydrogens (tertiary/aromatic N) is 1. The number of likely N-dealkylation sites (N-methyl/N-ethyl adjacent to an activating group) is 1. The van der Waals surface area contributed by atoms with Gasteiger partial charge in [0, 0.05) is 19.0 Å². The molecule has 2 unspecified atom stereocenters. The fourth-order valence-corrected chi connectivity index (χ4v) is 6.35. The maximum atomic E-state index is 13.5. The quantitative estimate of drug-likeness (QED) is 0.294. The number of hydrogen-bond donors (Lipinski definition) is 3. The molecule has 42 heavy (non-hydrogen) atoms. The number of ether oxygens (including phenoxy) is 1. The molecule has 220 valence electrons. The van der Waals surface area contributed by atoms with E-state index in [0.29, 0.717) is 6.54 Å². The minimum absolute atomic E-state index is 0.112. The number of carbonyl (C=O) groups excluding carboxylic acids is 2. The molecule has 0 radical (unpaired) electrons. The molecule has 0 spiro atoms. The zero-order valence-electron chi connectivity index (χ0n) is 24.0. The number of carbonyl (C=O) groups is 3. The highest BCUT2D eigenvalue weighted by Gasteiger charge is 2.34. The van der Waals surface area contributed by atoms with Gasteiger partial charge in [-0.15, -0.1) is 0 Å². The van der Waals surface area contributed by atoms with Gasteiger partial charge in [0.1, 0.15) is 18.7 Å². The number of hydrogen-bond acceptors (Lipinski definition) is 5. The van der Waals surface area contributed by atoms with E-state index >= 15 is 0 Å². The summed E-state index contributed by atoms with van der Waals surface area (Å²) in [6, 6.07) is 24.0. The first-order chi connectivity index (χ1) is 20.4. The molecule has 2 aliphatic rings. The third-order valence-electron chi connectivity index (χ3n) is 8.43. The molecule has 0 aromatic heterocycles. The van der Waals surface area contributed by atoms with E-state index in [1.165, 1.54) is 0 Å². The summed E-state index contributed by atoms with van der Waals surface area (Å²) in [7, 11) is 1.86. The number of nitrogens with one attached hydrogen (secondary N) is 2. The third kappa shape index (κ3) is 6.99. The highest BCUT2D eigenvalue weighted by Crippen LogP contribution is 2.44. The van der Waals surface area contributed by atoms with Crippen LogP contribution in [0.4, 0.5) is 4.79 Å². The molecule has 0 saturated heterocycles. The Hall–Kier alpha value is -4.17. The van der Waals surface area contributed by atoms with Gasteiger partial charge in [0.05, 0.1) is 0 Å². The number of aliphatic carboxylic acids is 1. The Morgan fingerprint density at radius 3 is 2.07 bits per heavy atom. The Labute approximate surface area is 247 Å². The van der Waals surface area contributed by atoms with E-state index in [1.54, 1.807) is 0 Å². The van der Waals surface area contributed by atoms with Gasteiger partial charge in [-0.2, -0.15) is 0 Å². The van der Waals surface area contributed by atoms with Crippen LogP contribution in [0.15, 0.2) is 78.9 Å². The summed E-state index contributed by atoms with van der Waals surface area (Å²) in [5.74, 6) is -1.81. The van der Waals surface area contributed by atoms with Crippen molar-refractivity contribution in [1.82, 2.24) is 15.5 Å². The van der Waals surface area contributed by atoms with E-state index in [0.717, 1.165) is 59.9 Å².